The van der Waals surface area contributed by atoms with E-state index in [4.69, 9.17) is 5.73 Å². The predicted molar refractivity (Wildman–Crippen MR) is 76.1 cm³/mol. The van der Waals surface area contributed by atoms with Gasteiger partial charge in [-0.15, -0.1) is 0 Å². The summed E-state index contributed by atoms with van der Waals surface area (Å²) in [4.78, 5) is 11.6. The van der Waals surface area contributed by atoms with Gasteiger partial charge in [0.15, 0.2) is 0 Å². The molecule has 0 spiro atoms. The first-order valence-electron chi connectivity index (χ1n) is 5.54. The molecule has 1 unspecified atom stereocenters. The van der Waals surface area contributed by atoms with Crippen LogP contribution in [0.1, 0.15) is 11.6 Å². The van der Waals surface area contributed by atoms with Crippen LogP contribution in [0.3, 0.4) is 0 Å². The summed E-state index contributed by atoms with van der Waals surface area (Å²) in [5.74, 6) is -0.411. The minimum Gasteiger partial charge on any atom is -0.370 e. The van der Waals surface area contributed by atoms with E-state index in [1.54, 1.807) is 0 Å². The SMILES string of the molecule is NC(=O)C(Nc1ccccc1)c1ccccc1Br. The number of carbonyl (C=O) groups excluding carboxylic acids is 1. The number of halogens is 1. The summed E-state index contributed by atoms with van der Waals surface area (Å²) in [5.41, 5.74) is 7.15. The fraction of sp³-hybridized carbons (Fsp3) is 0.0714. The van der Waals surface area contributed by atoms with Gasteiger partial charge >= 0.3 is 0 Å². The van der Waals surface area contributed by atoms with Crippen LogP contribution in [0.5, 0.6) is 0 Å². The minimum absolute atomic E-state index is 0.411. The van der Waals surface area contributed by atoms with E-state index in [1.165, 1.54) is 0 Å². The quantitative estimate of drug-likeness (QED) is 0.912. The molecular weight excluding hydrogens is 292 g/mol. The molecule has 2 aromatic rings. The molecule has 0 bridgehead atoms. The normalized spacial score (nSPS) is 11.8. The maximum Gasteiger partial charge on any atom is 0.244 e. The van der Waals surface area contributed by atoms with Crippen molar-refractivity contribution in [3.8, 4) is 0 Å². The number of benzene rings is 2. The molecule has 0 heterocycles. The van der Waals surface area contributed by atoms with Gasteiger partial charge in [0, 0.05) is 10.2 Å². The van der Waals surface area contributed by atoms with E-state index in [0.717, 1.165) is 15.7 Å². The molecule has 0 radical (unpaired) electrons. The number of carbonyl (C=O) groups is 1. The van der Waals surface area contributed by atoms with E-state index in [9.17, 15) is 4.79 Å². The maximum atomic E-state index is 11.6. The highest BCUT2D eigenvalue weighted by Crippen LogP contribution is 2.26. The third kappa shape index (κ3) is 2.90. The average molecular weight is 305 g/mol. The summed E-state index contributed by atoms with van der Waals surface area (Å²) in [7, 11) is 0. The third-order valence-electron chi connectivity index (χ3n) is 2.59. The smallest absolute Gasteiger partial charge is 0.244 e. The number of hydrogen-bond acceptors (Lipinski definition) is 2. The molecule has 3 N–H and O–H groups in total. The molecule has 0 aliphatic heterocycles. The summed E-state index contributed by atoms with van der Waals surface area (Å²) in [6, 6.07) is 16.5. The Morgan fingerprint density at radius 3 is 2.28 bits per heavy atom. The molecule has 18 heavy (non-hydrogen) atoms. The van der Waals surface area contributed by atoms with E-state index in [-0.39, 0.29) is 0 Å². The summed E-state index contributed by atoms with van der Waals surface area (Å²) >= 11 is 3.43. The molecule has 1 amide bonds. The molecule has 0 aliphatic carbocycles. The zero-order chi connectivity index (χ0) is 13.0. The van der Waals surface area contributed by atoms with E-state index in [1.807, 2.05) is 54.6 Å². The van der Waals surface area contributed by atoms with Crippen LogP contribution in [-0.4, -0.2) is 5.91 Å². The fourth-order valence-corrected chi connectivity index (χ4v) is 2.23. The Morgan fingerprint density at radius 2 is 1.67 bits per heavy atom. The van der Waals surface area contributed by atoms with Gasteiger partial charge < -0.3 is 11.1 Å². The molecule has 4 heteroatoms. The Balaban J connectivity index is 2.30. The number of primary amides is 1. The van der Waals surface area contributed by atoms with Crippen molar-refractivity contribution in [1.29, 1.82) is 0 Å². The van der Waals surface area contributed by atoms with Crippen LogP contribution in [0, 0.1) is 0 Å². The Kier molecular flexibility index (Phi) is 3.99. The molecule has 2 rings (SSSR count). The summed E-state index contributed by atoms with van der Waals surface area (Å²) in [6.45, 7) is 0. The number of para-hydroxylation sites is 1. The summed E-state index contributed by atoms with van der Waals surface area (Å²) in [6.07, 6.45) is 0. The Bertz CT molecular complexity index is 543. The lowest BCUT2D eigenvalue weighted by molar-refractivity contribution is -0.118. The van der Waals surface area contributed by atoms with E-state index in [0.29, 0.717) is 0 Å². The monoisotopic (exact) mass is 304 g/mol. The van der Waals surface area contributed by atoms with E-state index >= 15 is 0 Å². The highest BCUT2D eigenvalue weighted by molar-refractivity contribution is 9.10. The van der Waals surface area contributed by atoms with E-state index < -0.39 is 11.9 Å². The average Bonchev–Trinajstić information content (AvgIpc) is 2.38. The lowest BCUT2D eigenvalue weighted by Gasteiger charge is -2.18. The summed E-state index contributed by atoms with van der Waals surface area (Å²) in [5, 5.41) is 3.13. The van der Waals surface area contributed by atoms with Crippen LogP contribution in [0.4, 0.5) is 5.69 Å². The molecule has 0 saturated heterocycles. The lowest BCUT2D eigenvalue weighted by Crippen LogP contribution is -2.28. The standard InChI is InChI=1S/C14H13BrN2O/c15-12-9-5-4-8-11(12)13(14(16)18)17-10-6-2-1-3-7-10/h1-9,13,17H,(H2,16,18). The summed E-state index contributed by atoms with van der Waals surface area (Å²) < 4.78 is 0.859. The Hall–Kier alpha value is -1.81. The van der Waals surface area contributed by atoms with Gasteiger partial charge in [-0.05, 0) is 23.8 Å². The first-order valence-corrected chi connectivity index (χ1v) is 6.33. The maximum absolute atomic E-state index is 11.6. The second kappa shape index (κ2) is 5.69. The van der Waals surface area contributed by atoms with Gasteiger partial charge in [0.05, 0.1) is 0 Å². The van der Waals surface area contributed by atoms with Crippen molar-refractivity contribution in [2.24, 2.45) is 5.73 Å². The van der Waals surface area contributed by atoms with Gasteiger partial charge in [0.1, 0.15) is 6.04 Å². The number of anilines is 1. The van der Waals surface area contributed by atoms with Crippen LogP contribution in [0.25, 0.3) is 0 Å². The zero-order valence-electron chi connectivity index (χ0n) is 9.64. The third-order valence-corrected chi connectivity index (χ3v) is 3.31. The fourth-order valence-electron chi connectivity index (χ4n) is 1.71. The minimum atomic E-state index is -0.553. The second-order valence-corrected chi connectivity index (χ2v) is 4.72. The number of nitrogens with two attached hydrogens (primary N) is 1. The molecule has 92 valence electrons. The number of nitrogens with one attached hydrogen (secondary N) is 1. The topological polar surface area (TPSA) is 55.1 Å². The van der Waals surface area contributed by atoms with E-state index in [2.05, 4.69) is 21.2 Å². The van der Waals surface area contributed by atoms with Gasteiger partial charge in [-0.3, -0.25) is 4.79 Å². The van der Waals surface area contributed by atoms with Crippen molar-refractivity contribution in [2.75, 3.05) is 5.32 Å². The molecule has 0 aliphatic rings. The highest BCUT2D eigenvalue weighted by atomic mass is 79.9. The molecule has 2 aromatic carbocycles. The van der Waals surface area contributed by atoms with Gasteiger partial charge in [0.2, 0.25) is 5.91 Å². The Morgan fingerprint density at radius 1 is 1.06 bits per heavy atom. The Labute approximate surface area is 114 Å². The second-order valence-electron chi connectivity index (χ2n) is 3.87. The molecular formula is C14H13BrN2O. The van der Waals surface area contributed by atoms with Crippen LogP contribution < -0.4 is 11.1 Å². The number of rotatable bonds is 4. The lowest BCUT2D eigenvalue weighted by atomic mass is 10.1. The first-order chi connectivity index (χ1) is 8.68. The molecule has 3 nitrogen and oxygen atoms in total. The largest absolute Gasteiger partial charge is 0.370 e. The van der Waals surface area contributed by atoms with Crippen molar-refractivity contribution in [2.45, 2.75) is 6.04 Å². The molecule has 0 aromatic heterocycles. The van der Waals surface area contributed by atoms with Crippen molar-refractivity contribution >= 4 is 27.5 Å². The van der Waals surface area contributed by atoms with Crippen molar-refractivity contribution in [3.63, 3.8) is 0 Å². The number of hydrogen-bond donors (Lipinski definition) is 2. The van der Waals surface area contributed by atoms with Crippen molar-refractivity contribution < 1.29 is 4.79 Å². The van der Waals surface area contributed by atoms with Crippen LogP contribution in [0.15, 0.2) is 59.1 Å². The van der Waals surface area contributed by atoms with Gasteiger partial charge in [-0.2, -0.15) is 0 Å². The van der Waals surface area contributed by atoms with Crippen molar-refractivity contribution in [1.82, 2.24) is 0 Å². The van der Waals surface area contributed by atoms with Crippen LogP contribution in [0.2, 0.25) is 0 Å². The number of amides is 1. The van der Waals surface area contributed by atoms with Crippen LogP contribution in [-0.2, 0) is 4.79 Å². The molecule has 0 saturated carbocycles. The van der Waals surface area contributed by atoms with Gasteiger partial charge in [-0.25, -0.2) is 0 Å². The molecule has 1 atom stereocenters. The molecule has 0 fully saturated rings. The first kappa shape index (κ1) is 12.6. The predicted octanol–water partition coefficient (Wildman–Crippen LogP) is 3.09. The zero-order valence-corrected chi connectivity index (χ0v) is 11.2. The van der Waals surface area contributed by atoms with Crippen LogP contribution >= 0.6 is 15.9 Å². The van der Waals surface area contributed by atoms with Gasteiger partial charge in [-0.1, -0.05) is 52.3 Å². The highest BCUT2D eigenvalue weighted by Gasteiger charge is 2.19. The van der Waals surface area contributed by atoms with Gasteiger partial charge in [0.25, 0.3) is 0 Å². The van der Waals surface area contributed by atoms with Crippen molar-refractivity contribution in [3.05, 3.63) is 64.6 Å².